The zero-order valence-corrected chi connectivity index (χ0v) is 11.1. The van der Waals surface area contributed by atoms with Crippen molar-refractivity contribution in [2.45, 2.75) is 26.4 Å². The van der Waals surface area contributed by atoms with Gasteiger partial charge in [0.15, 0.2) is 0 Å². The molecule has 18 heavy (non-hydrogen) atoms. The highest BCUT2D eigenvalue weighted by Crippen LogP contribution is 2.20. The van der Waals surface area contributed by atoms with Crippen LogP contribution in [0.3, 0.4) is 0 Å². The SMILES string of the molecule is Cc1oc(C(=O)O)cc1CN[C@@H](C)c1cccs1. The van der Waals surface area contributed by atoms with Crippen molar-refractivity contribution in [3.05, 3.63) is 45.5 Å². The average Bonchev–Trinajstić information content (AvgIpc) is 2.95. The van der Waals surface area contributed by atoms with E-state index in [1.807, 2.05) is 11.4 Å². The number of carboxylic acid groups (broad SMARTS) is 1. The topological polar surface area (TPSA) is 62.5 Å². The smallest absolute Gasteiger partial charge is 0.371 e. The van der Waals surface area contributed by atoms with E-state index >= 15 is 0 Å². The molecule has 2 N–H and O–H groups in total. The maximum Gasteiger partial charge on any atom is 0.371 e. The fourth-order valence-corrected chi connectivity index (χ4v) is 2.46. The van der Waals surface area contributed by atoms with E-state index in [0.717, 1.165) is 5.56 Å². The van der Waals surface area contributed by atoms with Crippen LogP contribution in [0.2, 0.25) is 0 Å². The van der Waals surface area contributed by atoms with Crippen molar-refractivity contribution in [1.29, 1.82) is 0 Å². The van der Waals surface area contributed by atoms with Crippen LogP contribution >= 0.6 is 11.3 Å². The molecule has 0 saturated carbocycles. The number of rotatable bonds is 5. The Bertz CT molecular complexity index is 530. The standard InChI is InChI=1S/C13H15NO3S/c1-8(12-4-3-5-18-12)14-7-10-6-11(13(15)16)17-9(10)2/h3-6,8,14H,7H2,1-2H3,(H,15,16)/t8-/m0/s1. The summed E-state index contributed by atoms with van der Waals surface area (Å²) in [7, 11) is 0. The number of thiophene rings is 1. The predicted molar refractivity (Wildman–Crippen MR) is 70.0 cm³/mol. The van der Waals surface area contributed by atoms with Crippen molar-refractivity contribution in [1.82, 2.24) is 5.32 Å². The van der Waals surface area contributed by atoms with Gasteiger partial charge in [0.1, 0.15) is 5.76 Å². The van der Waals surface area contributed by atoms with Crippen LogP contribution in [0.4, 0.5) is 0 Å². The molecular weight excluding hydrogens is 250 g/mol. The van der Waals surface area contributed by atoms with Gasteiger partial charge >= 0.3 is 5.97 Å². The van der Waals surface area contributed by atoms with Crippen molar-refractivity contribution >= 4 is 17.3 Å². The molecule has 2 rings (SSSR count). The van der Waals surface area contributed by atoms with Gasteiger partial charge in [0.2, 0.25) is 5.76 Å². The predicted octanol–water partition coefficient (Wildman–Crippen LogP) is 3.20. The first-order chi connectivity index (χ1) is 8.58. The molecule has 2 heterocycles. The lowest BCUT2D eigenvalue weighted by atomic mass is 10.2. The number of hydrogen-bond donors (Lipinski definition) is 2. The summed E-state index contributed by atoms with van der Waals surface area (Å²) in [5.41, 5.74) is 0.885. The normalized spacial score (nSPS) is 12.6. The summed E-state index contributed by atoms with van der Waals surface area (Å²) < 4.78 is 5.16. The minimum Gasteiger partial charge on any atom is -0.475 e. The summed E-state index contributed by atoms with van der Waals surface area (Å²) in [5, 5.41) is 14.2. The molecule has 4 nitrogen and oxygen atoms in total. The molecule has 0 unspecified atom stereocenters. The monoisotopic (exact) mass is 265 g/mol. The quantitative estimate of drug-likeness (QED) is 0.871. The van der Waals surface area contributed by atoms with Gasteiger partial charge in [0.25, 0.3) is 0 Å². The van der Waals surface area contributed by atoms with Gasteiger partial charge in [0, 0.05) is 23.0 Å². The third-order valence-electron chi connectivity index (χ3n) is 2.80. The Hall–Kier alpha value is -1.59. The number of hydrogen-bond acceptors (Lipinski definition) is 4. The highest BCUT2D eigenvalue weighted by Gasteiger charge is 2.14. The first-order valence-electron chi connectivity index (χ1n) is 5.67. The van der Waals surface area contributed by atoms with E-state index < -0.39 is 5.97 Å². The Morgan fingerprint density at radius 3 is 2.94 bits per heavy atom. The Kier molecular flexibility index (Phi) is 3.84. The molecule has 0 saturated heterocycles. The van der Waals surface area contributed by atoms with Crippen LogP contribution < -0.4 is 5.32 Å². The summed E-state index contributed by atoms with van der Waals surface area (Å²) in [5.74, 6) is -0.387. The second kappa shape index (κ2) is 5.37. The van der Waals surface area contributed by atoms with Crippen LogP contribution in [0, 0.1) is 6.92 Å². The van der Waals surface area contributed by atoms with Crippen LogP contribution in [0.5, 0.6) is 0 Å². The summed E-state index contributed by atoms with van der Waals surface area (Å²) in [6, 6.07) is 5.91. The van der Waals surface area contributed by atoms with Crippen LogP contribution in [-0.2, 0) is 6.54 Å². The van der Waals surface area contributed by atoms with Gasteiger partial charge in [-0.2, -0.15) is 0 Å². The zero-order valence-electron chi connectivity index (χ0n) is 10.3. The van der Waals surface area contributed by atoms with E-state index in [1.165, 1.54) is 4.88 Å². The van der Waals surface area contributed by atoms with Crippen molar-refractivity contribution in [2.24, 2.45) is 0 Å². The molecule has 0 aliphatic rings. The van der Waals surface area contributed by atoms with Gasteiger partial charge in [-0.05, 0) is 31.4 Å². The van der Waals surface area contributed by atoms with Crippen LogP contribution in [0.1, 0.15) is 39.7 Å². The number of aromatic carboxylic acids is 1. The van der Waals surface area contributed by atoms with Crippen molar-refractivity contribution < 1.29 is 14.3 Å². The number of carbonyl (C=O) groups is 1. The largest absolute Gasteiger partial charge is 0.475 e. The lowest BCUT2D eigenvalue weighted by molar-refractivity contribution is 0.0661. The maximum atomic E-state index is 10.8. The van der Waals surface area contributed by atoms with Crippen molar-refractivity contribution in [2.75, 3.05) is 0 Å². The van der Waals surface area contributed by atoms with Gasteiger partial charge in [-0.15, -0.1) is 11.3 Å². The number of aryl methyl sites for hydroxylation is 1. The van der Waals surface area contributed by atoms with Crippen LogP contribution in [0.15, 0.2) is 28.0 Å². The molecule has 0 fully saturated rings. The molecule has 0 aliphatic carbocycles. The van der Waals surface area contributed by atoms with E-state index in [4.69, 9.17) is 9.52 Å². The minimum absolute atomic E-state index is 0.00641. The Morgan fingerprint density at radius 2 is 2.39 bits per heavy atom. The van der Waals surface area contributed by atoms with E-state index in [-0.39, 0.29) is 11.8 Å². The Morgan fingerprint density at radius 1 is 1.61 bits per heavy atom. The van der Waals surface area contributed by atoms with E-state index in [2.05, 4.69) is 18.3 Å². The second-order valence-electron chi connectivity index (χ2n) is 4.12. The molecule has 0 spiro atoms. The Balaban J connectivity index is 2.00. The van der Waals surface area contributed by atoms with E-state index in [9.17, 15) is 4.79 Å². The first-order valence-corrected chi connectivity index (χ1v) is 6.55. The van der Waals surface area contributed by atoms with E-state index in [1.54, 1.807) is 24.3 Å². The highest BCUT2D eigenvalue weighted by atomic mass is 32.1. The molecule has 1 atom stereocenters. The molecule has 0 aromatic carbocycles. The summed E-state index contributed by atoms with van der Waals surface area (Å²) in [6.45, 7) is 4.46. The number of carboxylic acids is 1. The molecule has 0 aliphatic heterocycles. The fraction of sp³-hybridized carbons (Fsp3) is 0.308. The maximum absolute atomic E-state index is 10.8. The number of nitrogens with one attached hydrogen (secondary N) is 1. The first kappa shape index (κ1) is 12.9. The molecule has 2 aromatic rings. The van der Waals surface area contributed by atoms with Gasteiger partial charge in [0.05, 0.1) is 0 Å². The van der Waals surface area contributed by atoms with Gasteiger partial charge < -0.3 is 14.8 Å². The summed E-state index contributed by atoms with van der Waals surface area (Å²) >= 11 is 1.70. The third-order valence-corrected chi connectivity index (χ3v) is 3.86. The van der Waals surface area contributed by atoms with Crippen molar-refractivity contribution in [3.8, 4) is 0 Å². The third kappa shape index (κ3) is 2.80. The molecule has 96 valence electrons. The van der Waals surface area contributed by atoms with Crippen molar-refractivity contribution in [3.63, 3.8) is 0 Å². The lowest BCUT2D eigenvalue weighted by Gasteiger charge is -2.11. The summed E-state index contributed by atoms with van der Waals surface area (Å²) in [4.78, 5) is 12.0. The molecule has 5 heteroatoms. The molecule has 0 radical (unpaired) electrons. The molecule has 0 bridgehead atoms. The molecule has 0 amide bonds. The van der Waals surface area contributed by atoms with Gasteiger partial charge in [-0.25, -0.2) is 4.79 Å². The zero-order chi connectivity index (χ0) is 13.1. The van der Waals surface area contributed by atoms with Crippen LogP contribution in [0.25, 0.3) is 0 Å². The molecular formula is C13H15NO3S. The molecule has 2 aromatic heterocycles. The van der Waals surface area contributed by atoms with Gasteiger partial charge in [-0.1, -0.05) is 6.07 Å². The highest BCUT2D eigenvalue weighted by molar-refractivity contribution is 7.10. The van der Waals surface area contributed by atoms with Gasteiger partial charge in [-0.3, -0.25) is 0 Å². The Labute approximate surface area is 109 Å². The second-order valence-corrected chi connectivity index (χ2v) is 5.09. The van der Waals surface area contributed by atoms with Crippen LogP contribution in [-0.4, -0.2) is 11.1 Å². The number of furan rings is 1. The fourth-order valence-electron chi connectivity index (χ4n) is 1.70. The minimum atomic E-state index is -1.03. The average molecular weight is 265 g/mol. The lowest BCUT2D eigenvalue weighted by Crippen LogP contribution is -2.17. The summed E-state index contributed by atoms with van der Waals surface area (Å²) in [6.07, 6.45) is 0. The van der Waals surface area contributed by atoms with E-state index in [0.29, 0.717) is 12.3 Å².